The Morgan fingerprint density at radius 1 is 0.783 bits per heavy atom. The topological polar surface area (TPSA) is 46.5 Å². The molecule has 0 amide bonds. The monoisotopic (exact) mass is 338 g/mol. The van der Waals surface area contributed by atoms with Crippen LogP contribution >= 0.6 is 0 Å². The van der Waals surface area contributed by atoms with Crippen molar-refractivity contribution in [2.45, 2.75) is 110 Å². The van der Waals surface area contributed by atoms with E-state index in [4.69, 9.17) is 9.84 Å². The van der Waals surface area contributed by atoms with Gasteiger partial charge in [0, 0.05) is 0 Å². The predicted octanol–water partition coefficient (Wildman–Crippen LogP) is 4.74. The molecule has 0 saturated carbocycles. The third-order valence-electron chi connectivity index (χ3n) is 4.08. The van der Waals surface area contributed by atoms with Gasteiger partial charge in [0.2, 0.25) is 0 Å². The second-order valence-corrected chi connectivity index (χ2v) is 6.44. The van der Waals surface area contributed by atoms with Gasteiger partial charge in [-0.15, -0.1) is 0 Å². The van der Waals surface area contributed by atoms with Crippen LogP contribution in [-0.4, -0.2) is 53.3 Å². The molecule has 0 aromatic heterocycles. The van der Waals surface area contributed by atoms with Crippen molar-refractivity contribution in [3.8, 4) is 0 Å². The molecule has 0 rings (SSSR count). The quantitative estimate of drug-likeness (QED) is 0.251. The van der Waals surface area contributed by atoms with Crippen molar-refractivity contribution < 1.29 is 14.6 Å². The van der Waals surface area contributed by atoms with Gasteiger partial charge in [-0.05, 0) is 13.3 Å². The molecule has 0 fully saturated rings. The van der Waals surface area contributed by atoms with Crippen LogP contribution in [0.25, 0.3) is 0 Å². The minimum absolute atomic E-state index is 0. The van der Waals surface area contributed by atoms with E-state index in [0.29, 0.717) is 6.61 Å². The first-order chi connectivity index (χ1) is 10.7. The number of aliphatic hydroxyl groups is 1. The van der Waals surface area contributed by atoms with Crippen molar-refractivity contribution in [1.82, 2.24) is 0 Å². The maximum atomic E-state index is 11.0. The molecule has 1 atom stereocenters. The van der Waals surface area contributed by atoms with E-state index in [0.717, 1.165) is 12.8 Å². The van der Waals surface area contributed by atoms with Crippen molar-refractivity contribution >= 4 is 35.5 Å². The molecule has 0 aliphatic carbocycles. The summed E-state index contributed by atoms with van der Waals surface area (Å²) in [5.41, 5.74) is 0. The van der Waals surface area contributed by atoms with Crippen LogP contribution in [0.5, 0.6) is 0 Å². The standard InChI is InChI=1S/C19H38O3.Na.H/c1-3-4-5-6-7-8-9-10-11-12-13-14-15-16-17-22-19(21)18(2)20;;/h18,20H,3-17H2,1-2H3;;. The zero-order chi connectivity index (χ0) is 16.5. The van der Waals surface area contributed by atoms with Crippen molar-refractivity contribution in [2.24, 2.45) is 0 Å². The summed E-state index contributed by atoms with van der Waals surface area (Å²) in [5, 5.41) is 8.96. The molecule has 0 aromatic rings. The molecular formula is C19H39NaO3. The van der Waals surface area contributed by atoms with Crippen molar-refractivity contribution in [2.75, 3.05) is 6.61 Å². The second kappa shape index (κ2) is 20.5. The Morgan fingerprint density at radius 3 is 1.48 bits per heavy atom. The Labute approximate surface area is 166 Å². The van der Waals surface area contributed by atoms with E-state index >= 15 is 0 Å². The SMILES string of the molecule is CCCCCCCCCCCCCCCCOC(=O)C(C)O.[NaH]. The molecule has 0 aromatic carbocycles. The van der Waals surface area contributed by atoms with E-state index in [1.54, 1.807) is 0 Å². The molecule has 0 bridgehead atoms. The van der Waals surface area contributed by atoms with E-state index in [-0.39, 0.29) is 29.6 Å². The number of unbranched alkanes of at least 4 members (excludes halogenated alkanes) is 13. The first-order valence-corrected chi connectivity index (χ1v) is 9.53. The summed E-state index contributed by atoms with van der Waals surface area (Å²) in [6, 6.07) is 0. The van der Waals surface area contributed by atoms with Crippen molar-refractivity contribution in [1.29, 1.82) is 0 Å². The van der Waals surface area contributed by atoms with Gasteiger partial charge < -0.3 is 9.84 Å². The Morgan fingerprint density at radius 2 is 1.13 bits per heavy atom. The number of rotatable bonds is 16. The van der Waals surface area contributed by atoms with Crippen LogP contribution < -0.4 is 0 Å². The Balaban J connectivity index is 0. The van der Waals surface area contributed by atoms with Gasteiger partial charge in [-0.25, -0.2) is 4.79 Å². The van der Waals surface area contributed by atoms with Crippen LogP contribution in [0.3, 0.4) is 0 Å². The third-order valence-corrected chi connectivity index (χ3v) is 4.08. The van der Waals surface area contributed by atoms with Crippen LogP contribution in [0, 0.1) is 0 Å². The molecule has 0 aliphatic rings. The summed E-state index contributed by atoms with van der Waals surface area (Å²) < 4.78 is 4.92. The zero-order valence-corrected chi connectivity index (χ0v) is 14.9. The third kappa shape index (κ3) is 20.4. The number of esters is 1. The molecule has 0 aliphatic heterocycles. The first-order valence-electron chi connectivity index (χ1n) is 9.53. The van der Waals surface area contributed by atoms with E-state index in [9.17, 15) is 4.79 Å². The molecular weight excluding hydrogens is 299 g/mol. The van der Waals surface area contributed by atoms with Gasteiger partial charge in [-0.2, -0.15) is 0 Å². The molecule has 4 heteroatoms. The molecule has 1 unspecified atom stereocenters. The average Bonchev–Trinajstić information content (AvgIpc) is 2.50. The number of carbonyl (C=O) groups is 1. The fourth-order valence-corrected chi connectivity index (χ4v) is 2.59. The number of carbonyl (C=O) groups excluding carboxylic acids is 1. The van der Waals surface area contributed by atoms with Crippen LogP contribution in [0.15, 0.2) is 0 Å². The molecule has 0 heterocycles. The molecule has 3 nitrogen and oxygen atoms in total. The van der Waals surface area contributed by atoms with E-state index in [1.807, 2.05) is 0 Å². The number of hydrogen-bond acceptors (Lipinski definition) is 3. The Hall–Kier alpha value is 0.430. The Bertz CT molecular complexity index is 245. The summed E-state index contributed by atoms with van der Waals surface area (Å²) in [5.74, 6) is -0.505. The maximum absolute atomic E-state index is 11.0. The number of hydrogen-bond donors (Lipinski definition) is 1. The van der Waals surface area contributed by atoms with Crippen LogP contribution in [0.4, 0.5) is 0 Å². The second-order valence-electron chi connectivity index (χ2n) is 6.44. The molecule has 0 saturated heterocycles. The molecule has 1 N–H and O–H groups in total. The zero-order valence-electron chi connectivity index (χ0n) is 14.9. The van der Waals surface area contributed by atoms with Crippen LogP contribution in [-0.2, 0) is 9.53 Å². The average molecular weight is 339 g/mol. The van der Waals surface area contributed by atoms with Gasteiger partial charge in [0.1, 0.15) is 6.10 Å². The fraction of sp³-hybridized carbons (Fsp3) is 0.947. The van der Waals surface area contributed by atoms with Gasteiger partial charge >= 0.3 is 35.5 Å². The first kappa shape index (κ1) is 25.7. The summed E-state index contributed by atoms with van der Waals surface area (Å²) in [6.07, 6.45) is 17.5. The Kier molecular flexibility index (Phi) is 22.8. The van der Waals surface area contributed by atoms with Gasteiger partial charge in [0.15, 0.2) is 0 Å². The van der Waals surface area contributed by atoms with Crippen molar-refractivity contribution in [3.63, 3.8) is 0 Å². The molecule has 134 valence electrons. The van der Waals surface area contributed by atoms with E-state index in [1.165, 1.54) is 84.0 Å². The van der Waals surface area contributed by atoms with Gasteiger partial charge in [-0.1, -0.05) is 90.4 Å². The molecule has 0 spiro atoms. The van der Waals surface area contributed by atoms with Gasteiger partial charge in [0.05, 0.1) is 6.61 Å². The summed E-state index contributed by atoms with van der Waals surface area (Å²) in [7, 11) is 0. The van der Waals surface area contributed by atoms with Gasteiger partial charge in [0.25, 0.3) is 0 Å². The minimum atomic E-state index is -0.994. The van der Waals surface area contributed by atoms with Gasteiger partial charge in [-0.3, -0.25) is 0 Å². The number of aliphatic hydroxyl groups excluding tert-OH is 1. The summed E-state index contributed by atoms with van der Waals surface area (Å²) >= 11 is 0. The summed E-state index contributed by atoms with van der Waals surface area (Å²) in [4.78, 5) is 11.0. The van der Waals surface area contributed by atoms with Crippen LogP contribution in [0.1, 0.15) is 104 Å². The number of ether oxygens (including phenoxy) is 1. The predicted molar refractivity (Wildman–Crippen MR) is 100 cm³/mol. The van der Waals surface area contributed by atoms with E-state index < -0.39 is 12.1 Å². The fourth-order valence-electron chi connectivity index (χ4n) is 2.59. The van der Waals surface area contributed by atoms with E-state index in [2.05, 4.69) is 6.92 Å². The van der Waals surface area contributed by atoms with Crippen LogP contribution in [0.2, 0.25) is 0 Å². The molecule has 23 heavy (non-hydrogen) atoms. The summed E-state index contributed by atoms with van der Waals surface area (Å²) in [6.45, 7) is 4.15. The normalized spacial score (nSPS) is 11.8. The van der Waals surface area contributed by atoms with Crippen molar-refractivity contribution in [3.05, 3.63) is 0 Å². The molecule has 0 radical (unpaired) electrons.